The predicted molar refractivity (Wildman–Crippen MR) is 82.8 cm³/mol. The summed E-state index contributed by atoms with van der Waals surface area (Å²) < 4.78 is 14.3. The molecule has 4 heteroatoms. The highest BCUT2D eigenvalue weighted by molar-refractivity contribution is 7.17. The van der Waals surface area contributed by atoms with Gasteiger partial charge in [-0.1, -0.05) is 0 Å². The van der Waals surface area contributed by atoms with E-state index < -0.39 is 0 Å². The van der Waals surface area contributed by atoms with Crippen molar-refractivity contribution in [3.05, 3.63) is 58.9 Å². The van der Waals surface area contributed by atoms with Crippen LogP contribution in [-0.4, -0.2) is 4.98 Å². The van der Waals surface area contributed by atoms with E-state index in [1.54, 1.807) is 17.4 Å². The molecular formula is C16H15FN2S. The molecule has 20 heavy (non-hydrogen) atoms. The highest BCUT2D eigenvalue weighted by Gasteiger charge is 2.09. The van der Waals surface area contributed by atoms with Crippen molar-refractivity contribution in [1.29, 1.82) is 0 Å². The number of rotatable bonds is 3. The van der Waals surface area contributed by atoms with Crippen molar-refractivity contribution in [3.63, 3.8) is 0 Å². The predicted octanol–water partition coefficient (Wildman–Crippen LogP) is 4.92. The van der Waals surface area contributed by atoms with Crippen LogP contribution in [-0.2, 0) is 0 Å². The molecule has 1 atom stereocenters. The van der Waals surface area contributed by atoms with Gasteiger partial charge in [0, 0.05) is 11.9 Å². The lowest BCUT2D eigenvalue weighted by Crippen LogP contribution is -2.08. The zero-order valence-corrected chi connectivity index (χ0v) is 12.2. The van der Waals surface area contributed by atoms with Crippen LogP contribution >= 0.6 is 11.3 Å². The Bertz CT molecular complexity index is 751. The zero-order valence-electron chi connectivity index (χ0n) is 11.4. The number of nitrogens with zero attached hydrogens (tertiary/aromatic N) is 1. The third-order valence-electron chi connectivity index (χ3n) is 3.38. The molecule has 3 aromatic rings. The van der Waals surface area contributed by atoms with E-state index in [1.165, 1.54) is 16.8 Å². The number of aromatic nitrogens is 1. The SMILES string of the molecule is Cc1cc(F)ccc1NC(C)c1cnc2ccsc2c1. The summed E-state index contributed by atoms with van der Waals surface area (Å²) in [6.07, 6.45) is 1.89. The smallest absolute Gasteiger partial charge is 0.123 e. The van der Waals surface area contributed by atoms with E-state index in [0.29, 0.717) is 0 Å². The first-order chi connectivity index (χ1) is 9.63. The maximum Gasteiger partial charge on any atom is 0.123 e. The van der Waals surface area contributed by atoms with Crippen LogP contribution in [0.1, 0.15) is 24.1 Å². The van der Waals surface area contributed by atoms with Gasteiger partial charge >= 0.3 is 0 Å². The molecule has 0 amide bonds. The molecule has 0 bridgehead atoms. The molecule has 0 aliphatic rings. The molecule has 0 fully saturated rings. The summed E-state index contributed by atoms with van der Waals surface area (Å²) in [4.78, 5) is 4.45. The Morgan fingerprint density at radius 2 is 2.10 bits per heavy atom. The van der Waals surface area contributed by atoms with Gasteiger partial charge in [-0.25, -0.2) is 4.39 Å². The average Bonchev–Trinajstić information content (AvgIpc) is 2.89. The van der Waals surface area contributed by atoms with Gasteiger partial charge in [0.05, 0.1) is 16.3 Å². The molecule has 0 spiro atoms. The Morgan fingerprint density at radius 3 is 2.90 bits per heavy atom. The largest absolute Gasteiger partial charge is 0.378 e. The quantitative estimate of drug-likeness (QED) is 0.739. The summed E-state index contributed by atoms with van der Waals surface area (Å²) in [6, 6.07) is 9.09. The van der Waals surface area contributed by atoms with Gasteiger partial charge in [-0.2, -0.15) is 0 Å². The molecule has 2 aromatic heterocycles. The zero-order chi connectivity index (χ0) is 14.1. The Morgan fingerprint density at radius 1 is 1.25 bits per heavy atom. The van der Waals surface area contributed by atoms with E-state index in [4.69, 9.17) is 0 Å². The molecule has 1 unspecified atom stereocenters. The fraction of sp³-hybridized carbons (Fsp3) is 0.188. The molecule has 0 saturated carbocycles. The van der Waals surface area contributed by atoms with E-state index in [0.717, 1.165) is 22.3 Å². The molecule has 2 nitrogen and oxygen atoms in total. The second-order valence-corrected chi connectivity index (χ2v) is 5.85. The number of pyridine rings is 1. The number of anilines is 1. The number of halogens is 1. The average molecular weight is 286 g/mol. The van der Waals surface area contributed by atoms with E-state index >= 15 is 0 Å². The second-order valence-electron chi connectivity index (χ2n) is 4.90. The van der Waals surface area contributed by atoms with Crippen LogP contribution in [0.2, 0.25) is 0 Å². The van der Waals surface area contributed by atoms with Gasteiger partial charge in [-0.05, 0) is 60.7 Å². The van der Waals surface area contributed by atoms with Crippen molar-refractivity contribution in [2.75, 3.05) is 5.32 Å². The van der Waals surface area contributed by atoms with Gasteiger partial charge in [0.1, 0.15) is 5.82 Å². The first-order valence-corrected chi connectivity index (χ1v) is 7.37. The molecule has 1 N–H and O–H groups in total. The first kappa shape index (κ1) is 13.1. The fourth-order valence-electron chi connectivity index (χ4n) is 2.20. The molecule has 1 aromatic carbocycles. The number of fused-ring (bicyclic) bond motifs is 1. The summed E-state index contributed by atoms with van der Waals surface area (Å²) in [5.41, 5.74) is 4.01. The third-order valence-corrected chi connectivity index (χ3v) is 4.24. The fourth-order valence-corrected chi connectivity index (χ4v) is 2.99. The highest BCUT2D eigenvalue weighted by atomic mass is 32.1. The highest BCUT2D eigenvalue weighted by Crippen LogP contribution is 2.26. The van der Waals surface area contributed by atoms with Gasteiger partial charge in [0.25, 0.3) is 0 Å². The maximum absolute atomic E-state index is 13.1. The Labute approximate surface area is 121 Å². The number of hydrogen-bond acceptors (Lipinski definition) is 3. The van der Waals surface area contributed by atoms with Gasteiger partial charge in [0.15, 0.2) is 0 Å². The Kier molecular flexibility index (Phi) is 3.40. The summed E-state index contributed by atoms with van der Waals surface area (Å²) in [6.45, 7) is 3.98. The van der Waals surface area contributed by atoms with Crippen molar-refractivity contribution in [2.45, 2.75) is 19.9 Å². The van der Waals surface area contributed by atoms with Crippen molar-refractivity contribution in [3.8, 4) is 0 Å². The van der Waals surface area contributed by atoms with Gasteiger partial charge in [-0.15, -0.1) is 11.3 Å². The van der Waals surface area contributed by atoms with E-state index in [-0.39, 0.29) is 11.9 Å². The molecule has 102 valence electrons. The number of nitrogens with one attached hydrogen (secondary N) is 1. The molecule has 0 aliphatic carbocycles. The molecule has 3 rings (SSSR count). The van der Waals surface area contributed by atoms with Crippen LogP contribution in [0.4, 0.5) is 10.1 Å². The number of thiophene rings is 1. The van der Waals surface area contributed by atoms with Crippen LogP contribution in [0.5, 0.6) is 0 Å². The Balaban J connectivity index is 1.86. The lowest BCUT2D eigenvalue weighted by Gasteiger charge is -2.17. The van der Waals surface area contributed by atoms with Gasteiger partial charge in [0.2, 0.25) is 0 Å². The summed E-state index contributed by atoms with van der Waals surface area (Å²) >= 11 is 1.69. The summed E-state index contributed by atoms with van der Waals surface area (Å²) in [5.74, 6) is -0.206. The monoisotopic (exact) mass is 286 g/mol. The lowest BCUT2D eigenvalue weighted by atomic mass is 10.1. The molecular weight excluding hydrogens is 271 g/mol. The lowest BCUT2D eigenvalue weighted by molar-refractivity contribution is 0.626. The minimum absolute atomic E-state index is 0.123. The van der Waals surface area contributed by atoms with Crippen LogP contribution in [0.3, 0.4) is 0 Å². The van der Waals surface area contributed by atoms with E-state index in [1.807, 2.05) is 24.6 Å². The van der Waals surface area contributed by atoms with E-state index in [9.17, 15) is 4.39 Å². The third kappa shape index (κ3) is 2.51. The minimum atomic E-state index is -0.206. The van der Waals surface area contributed by atoms with Crippen LogP contribution in [0.25, 0.3) is 10.2 Å². The summed E-state index contributed by atoms with van der Waals surface area (Å²) in [7, 11) is 0. The van der Waals surface area contributed by atoms with Crippen molar-refractivity contribution in [2.24, 2.45) is 0 Å². The van der Waals surface area contributed by atoms with E-state index in [2.05, 4.69) is 23.3 Å². The van der Waals surface area contributed by atoms with Crippen LogP contribution < -0.4 is 5.32 Å². The van der Waals surface area contributed by atoms with Crippen LogP contribution in [0.15, 0.2) is 41.9 Å². The number of hydrogen-bond donors (Lipinski definition) is 1. The maximum atomic E-state index is 13.1. The van der Waals surface area contributed by atoms with Crippen molar-refractivity contribution in [1.82, 2.24) is 4.98 Å². The molecule has 0 radical (unpaired) electrons. The molecule has 2 heterocycles. The standard InChI is InChI=1S/C16H15FN2S/c1-10-7-13(17)3-4-14(10)19-11(2)12-8-16-15(18-9-12)5-6-20-16/h3-9,11,19H,1-2H3. The molecule has 0 aliphatic heterocycles. The number of aryl methyl sites for hydroxylation is 1. The normalized spacial score (nSPS) is 12.6. The number of benzene rings is 1. The van der Waals surface area contributed by atoms with Crippen LogP contribution in [0, 0.1) is 12.7 Å². The second kappa shape index (κ2) is 5.21. The summed E-state index contributed by atoms with van der Waals surface area (Å²) in [5, 5.41) is 5.45. The first-order valence-electron chi connectivity index (χ1n) is 6.49. The van der Waals surface area contributed by atoms with Crippen molar-refractivity contribution < 1.29 is 4.39 Å². The van der Waals surface area contributed by atoms with Gasteiger partial charge in [-0.3, -0.25) is 4.98 Å². The van der Waals surface area contributed by atoms with Crippen molar-refractivity contribution >= 4 is 27.2 Å². The minimum Gasteiger partial charge on any atom is -0.378 e. The molecule has 0 saturated heterocycles. The topological polar surface area (TPSA) is 24.9 Å². The Hall–Kier alpha value is -1.94. The van der Waals surface area contributed by atoms with Gasteiger partial charge < -0.3 is 5.32 Å².